The van der Waals surface area contributed by atoms with Crippen LogP contribution in [-0.2, 0) is 0 Å². The van der Waals surface area contributed by atoms with Crippen molar-refractivity contribution < 1.29 is 0 Å². The van der Waals surface area contributed by atoms with E-state index < -0.39 is 0 Å². The molecule has 0 bridgehead atoms. The Kier molecular flexibility index (Phi) is 3.80. The van der Waals surface area contributed by atoms with Crippen molar-refractivity contribution in [1.82, 2.24) is 9.97 Å². The van der Waals surface area contributed by atoms with E-state index >= 15 is 0 Å². The molecule has 27 heavy (non-hydrogen) atoms. The number of nitrogens with two attached hydrogens (primary N) is 1. The lowest BCUT2D eigenvalue weighted by Gasteiger charge is -2.23. The Labute approximate surface area is 162 Å². The van der Waals surface area contributed by atoms with Gasteiger partial charge in [0.1, 0.15) is 0 Å². The van der Waals surface area contributed by atoms with Crippen LogP contribution in [0.2, 0.25) is 0 Å². The van der Waals surface area contributed by atoms with Gasteiger partial charge < -0.3 is 5.73 Å². The third-order valence-corrected chi connectivity index (χ3v) is 6.18. The molecule has 0 fully saturated rings. The first-order chi connectivity index (χ1) is 13.2. The number of hydrogen-bond donors (Lipinski definition) is 1. The minimum atomic E-state index is 0.452. The van der Waals surface area contributed by atoms with Gasteiger partial charge in [0.15, 0.2) is 5.13 Å². The molecule has 0 saturated carbocycles. The molecule has 2 N–H and O–H groups in total. The molecule has 4 heteroatoms. The number of aromatic nitrogens is 2. The summed E-state index contributed by atoms with van der Waals surface area (Å²) in [6.45, 7) is 2.19. The molecular weight excluding hydrogens is 350 g/mol. The molecule has 2 aromatic heterocycles. The van der Waals surface area contributed by atoms with Gasteiger partial charge in [-0.1, -0.05) is 47.8 Å². The zero-order chi connectivity index (χ0) is 18.4. The summed E-state index contributed by atoms with van der Waals surface area (Å²) >= 11 is 1.53. The van der Waals surface area contributed by atoms with Crippen molar-refractivity contribution in [3.8, 4) is 11.1 Å². The highest BCUT2D eigenvalue weighted by Gasteiger charge is 2.20. The molecule has 0 aliphatic heterocycles. The summed E-state index contributed by atoms with van der Waals surface area (Å²) in [6.07, 6.45) is 16.1. The number of hydrogen-bond acceptors (Lipinski definition) is 4. The minimum Gasteiger partial charge on any atom is -0.375 e. The summed E-state index contributed by atoms with van der Waals surface area (Å²) in [4.78, 5) is 8.84. The molecule has 3 nitrogen and oxygen atoms in total. The van der Waals surface area contributed by atoms with Gasteiger partial charge in [-0.3, -0.25) is 4.98 Å². The predicted octanol–water partition coefficient (Wildman–Crippen LogP) is 5.79. The third-order valence-electron chi connectivity index (χ3n) is 5.25. The maximum atomic E-state index is 6.02. The van der Waals surface area contributed by atoms with Crippen LogP contribution in [0.4, 0.5) is 5.13 Å². The maximum absolute atomic E-state index is 6.02. The second-order valence-corrected chi connectivity index (χ2v) is 8.03. The molecule has 2 heterocycles. The first kappa shape index (κ1) is 16.2. The molecule has 1 unspecified atom stereocenters. The fourth-order valence-corrected chi connectivity index (χ4v) is 4.77. The van der Waals surface area contributed by atoms with Crippen molar-refractivity contribution in [2.75, 3.05) is 5.73 Å². The highest BCUT2D eigenvalue weighted by Crippen LogP contribution is 2.39. The van der Waals surface area contributed by atoms with Crippen LogP contribution >= 0.6 is 11.3 Å². The van der Waals surface area contributed by atoms with E-state index in [2.05, 4.69) is 65.5 Å². The van der Waals surface area contributed by atoms with Crippen molar-refractivity contribution in [2.45, 2.75) is 13.3 Å². The number of nitrogen functional groups attached to an aromatic ring is 1. The van der Waals surface area contributed by atoms with Crippen molar-refractivity contribution >= 4 is 32.3 Å². The third kappa shape index (κ3) is 2.82. The van der Waals surface area contributed by atoms with Crippen LogP contribution in [0.3, 0.4) is 0 Å². The largest absolute Gasteiger partial charge is 0.375 e. The number of allylic oxidation sites excluding steroid dienone is 8. The molecule has 2 aliphatic rings. The number of rotatable bonds is 2. The van der Waals surface area contributed by atoms with Crippen molar-refractivity contribution in [3.05, 3.63) is 83.7 Å². The number of thiazole rings is 1. The molecule has 0 saturated heterocycles. The molecule has 0 radical (unpaired) electrons. The number of anilines is 1. The molecule has 1 aromatic carbocycles. The Bertz CT molecular complexity index is 1160. The highest BCUT2D eigenvalue weighted by atomic mass is 32.1. The summed E-state index contributed by atoms with van der Waals surface area (Å²) in [5.41, 5.74) is 14.4. The molecule has 0 spiro atoms. The van der Waals surface area contributed by atoms with E-state index in [1.807, 2.05) is 12.3 Å². The Morgan fingerprint density at radius 2 is 2.07 bits per heavy atom. The standard InChI is InChI=1S/C23H19N3S/c1-14-4-2-5-16-10-15(7-8-19(14)16)18-11-20(17-6-3-9-25-13-17)22-21(12-18)26-23(24)27-22/h2-4,6-13,16H,5H2,1H3,(H2,24,26). The van der Waals surface area contributed by atoms with Crippen molar-refractivity contribution in [3.63, 3.8) is 0 Å². The van der Waals surface area contributed by atoms with Gasteiger partial charge in [-0.2, -0.15) is 0 Å². The lowest BCUT2D eigenvalue weighted by Crippen LogP contribution is -2.08. The van der Waals surface area contributed by atoms with E-state index in [0.29, 0.717) is 11.0 Å². The second kappa shape index (κ2) is 6.32. The van der Waals surface area contributed by atoms with E-state index in [-0.39, 0.29) is 0 Å². The number of nitrogens with zero attached hydrogens (tertiary/aromatic N) is 2. The van der Waals surface area contributed by atoms with Gasteiger partial charge >= 0.3 is 0 Å². The molecule has 3 aromatic rings. The lowest BCUT2D eigenvalue weighted by molar-refractivity contribution is 0.771. The average Bonchev–Trinajstić information content (AvgIpc) is 3.08. The van der Waals surface area contributed by atoms with Crippen LogP contribution in [0.5, 0.6) is 0 Å². The Morgan fingerprint density at radius 3 is 2.93 bits per heavy atom. The van der Waals surface area contributed by atoms with Crippen LogP contribution in [0, 0.1) is 5.92 Å². The SMILES string of the molecule is CC1=C2C=CC(c3cc(-c4cccnc4)c4sc(N)nc4c3)=CC2CC=C1. The van der Waals surface area contributed by atoms with Gasteiger partial charge in [0.05, 0.1) is 10.2 Å². The molecule has 0 amide bonds. The predicted molar refractivity (Wildman–Crippen MR) is 114 cm³/mol. The maximum Gasteiger partial charge on any atom is 0.181 e. The molecule has 2 aliphatic carbocycles. The van der Waals surface area contributed by atoms with E-state index in [9.17, 15) is 0 Å². The van der Waals surface area contributed by atoms with Crippen LogP contribution in [0.15, 0.2) is 78.2 Å². The summed E-state index contributed by atoms with van der Waals surface area (Å²) in [5.74, 6) is 0.452. The summed E-state index contributed by atoms with van der Waals surface area (Å²) in [5, 5.41) is 0.596. The number of fused-ring (bicyclic) bond motifs is 2. The first-order valence-electron chi connectivity index (χ1n) is 9.07. The molecule has 1 atom stereocenters. The van der Waals surface area contributed by atoms with Crippen LogP contribution in [-0.4, -0.2) is 9.97 Å². The van der Waals surface area contributed by atoms with E-state index in [1.165, 1.54) is 33.6 Å². The smallest absolute Gasteiger partial charge is 0.181 e. The summed E-state index contributed by atoms with van der Waals surface area (Å²) < 4.78 is 1.11. The Morgan fingerprint density at radius 1 is 1.15 bits per heavy atom. The normalized spacial score (nSPS) is 18.7. The van der Waals surface area contributed by atoms with E-state index in [0.717, 1.165) is 27.8 Å². The topological polar surface area (TPSA) is 51.8 Å². The van der Waals surface area contributed by atoms with Gasteiger partial charge in [0.25, 0.3) is 0 Å². The van der Waals surface area contributed by atoms with Crippen molar-refractivity contribution in [1.29, 1.82) is 0 Å². The summed E-state index contributed by atoms with van der Waals surface area (Å²) in [6, 6.07) is 8.45. The fourth-order valence-electron chi connectivity index (χ4n) is 3.92. The molecule has 5 rings (SSSR count). The lowest BCUT2D eigenvalue weighted by atomic mass is 9.81. The first-order valence-corrected chi connectivity index (χ1v) is 9.89. The van der Waals surface area contributed by atoms with E-state index in [1.54, 1.807) is 6.20 Å². The number of benzene rings is 1. The van der Waals surface area contributed by atoms with Gasteiger partial charge in [-0.15, -0.1) is 0 Å². The van der Waals surface area contributed by atoms with Gasteiger partial charge in [0, 0.05) is 29.4 Å². The van der Waals surface area contributed by atoms with Crippen molar-refractivity contribution in [2.24, 2.45) is 5.92 Å². The molecular formula is C23H19N3S. The molecule has 132 valence electrons. The van der Waals surface area contributed by atoms with Crippen LogP contribution < -0.4 is 5.73 Å². The Balaban J connectivity index is 1.67. The van der Waals surface area contributed by atoms with Crippen LogP contribution in [0.25, 0.3) is 26.9 Å². The van der Waals surface area contributed by atoms with E-state index in [4.69, 9.17) is 5.73 Å². The second-order valence-electron chi connectivity index (χ2n) is 7.00. The zero-order valence-corrected chi connectivity index (χ0v) is 15.8. The minimum absolute atomic E-state index is 0.452. The van der Waals surface area contributed by atoms with Crippen LogP contribution in [0.1, 0.15) is 18.9 Å². The van der Waals surface area contributed by atoms with Gasteiger partial charge in [0.2, 0.25) is 0 Å². The average molecular weight is 369 g/mol. The van der Waals surface area contributed by atoms with Gasteiger partial charge in [-0.05, 0) is 53.8 Å². The monoisotopic (exact) mass is 369 g/mol. The quantitative estimate of drug-likeness (QED) is 0.622. The fraction of sp³-hybridized carbons (Fsp3) is 0.130. The summed E-state index contributed by atoms with van der Waals surface area (Å²) in [7, 11) is 0. The number of pyridine rings is 1. The van der Waals surface area contributed by atoms with Gasteiger partial charge in [-0.25, -0.2) is 4.98 Å². The Hall–Kier alpha value is -2.98. The highest BCUT2D eigenvalue weighted by molar-refractivity contribution is 7.22. The zero-order valence-electron chi connectivity index (χ0n) is 15.0.